The average Bonchev–Trinajstić information content (AvgIpc) is 3.46. The third-order valence-corrected chi connectivity index (χ3v) is 8.45. The maximum absolute atomic E-state index is 14.1. The summed E-state index contributed by atoms with van der Waals surface area (Å²) < 4.78 is 41.0. The number of aromatic amines is 1. The number of likely N-dealkylation sites (tertiary alicyclic amines) is 1. The molecule has 3 aromatic rings. The monoisotopic (exact) mass is 456 g/mol. The number of fused-ring (bicyclic) bond motifs is 1. The summed E-state index contributed by atoms with van der Waals surface area (Å²) in [6.45, 7) is 1.08. The normalized spacial score (nSPS) is 20.8. The second-order valence-electron chi connectivity index (χ2n) is 8.44. The van der Waals surface area contributed by atoms with E-state index in [0.29, 0.717) is 19.4 Å². The number of aromatic nitrogens is 2. The van der Waals surface area contributed by atoms with Crippen molar-refractivity contribution in [1.29, 1.82) is 0 Å². The van der Waals surface area contributed by atoms with Crippen molar-refractivity contribution < 1.29 is 17.6 Å². The van der Waals surface area contributed by atoms with Gasteiger partial charge in [-0.25, -0.2) is 17.8 Å². The van der Waals surface area contributed by atoms with E-state index in [-0.39, 0.29) is 35.9 Å². The number of H-pyrrole nitrogens is 1. The van der Waals surface area contributed by atoms with Crippen LogP contribution in [0.5, 0.6) is 0 Å². The summed E-state index contributed by atoms with van der Waals surface area (Å²) in [6, 6.07) is 13.1. The summed E-state index contributed by atoms with van der Waals surface area (Å²) in [6.07, 6.45) is 2.62. The fraction of sp³-hybridized carbons (Fsp3) is 0.391. The molecule has 2 aliphatic heterocycles. The predicted molar refractivity (Wildman–Crippen MR) is 118 cm³/mol. The van der Waals surface area contributed by atoms with E-state index in [1.165, 1.54) is 22.5 Å². The van der Waals surface area contributed by atoms with Crippen molar-refractivity contribution in [2.24, 2.45) is 5.92 Å². The molecular formula is C23H25FN4O3S. The zero-order chi connectivity index (χ0) is 22.3. The molecule has 0 radical (unpaired) electrons. The van der Waals surface area contributed by atoms with Crippen LogP contribution in [0.2, 0.25) is 0 Å². The number of nitrogens with zero attached hydrogens (tertiary/aromatic N) is 3. The molecule has 2 saturated heterocycles. The minimum Gasteiger partial charge on any atom is -0.340 e. The minimum absolute atomic E-state index is 0.0518. The van der Waals surface area contributed by atoms with Crippen LogP contribution in [0.3, 0.4) is 0 Å². The molecule has 0 bridgehead atoms. The van der Waals surface area contributed by atoms with Gasteiger partial charge in [-0.2, -0.15) is 4.31 Å². The van der Waals surface area contributed by atoms with Crippen molar-refractivity contribution in [2.45, 2.75) is 36.6 Å². The Hall–Kier alpha value is -2.78. The number of carbonyl (C=O) groups excluding carboxylic acids is 1. The van der Waals surface area contributed by atoms with Gasteiger partial charge in [0.15, 0.2) is 0 Å². The molecule has 2 aliphatic rings. The van der Waals surface area contributed by atoms with Crippen molar-refractivity contribution in [1.82, 2.24) is 19.2 Å². The zero-order valence-electron chi connectivity index (χ0n) is 17.6. The van der Waals surface area contributed by atoms with E-state index in [4.69, 9.17) is 0 Å². The van der Waals surface area contributed by atoms with Crippen molar-refractivity contribution in [2.75, 3.05) is 19.6 Å². The lowest BCUT2D eigenvalue weighted by Crippen LogP contribution is -2.44. The highest BCUT2D eigenvalue weighted by Crippen LogP contribution is 2.35. The van der Waals surface area contributed by atoms with Gasteiger partial charge in [-0.05, 0) is 49.9 Å². The van der Waals surface area contributed by atoms with Crippen molar-refractivity contribution in [3.05, 3.63) is 60.2 Å². The lowest BCUT2D eigenvalue weighted by molar-refractivity contribution is -0.137. The highest BCUT2D eigenvalue weighted by atomic mass is 32.2. The summed E-state index contributed by atoms with van der Waals surface area (Å²) in [5, 5.41) is 0. The van der Waals surface area contributed by atoms with E-state index < -0.39 is 15.8 Å². The van der Waals surface area contributed by atoms with E-state index in [9.17, 15) is 17.6 Å². The molecule has 7 nitrogen and oxygen atoms in total. The van der Waals surface area contributed by atoms with Crippen LogP contribution >= 0.6 is 0 Å². The molecule has 2 fully saturated rings. The van der Waals surface area contributed by atoms with E-state index >= 15 is 0 Å². The lowest BCUT2D eigenvalue weighted by Gasteiger charge is -2.34. The number of benzene rings is 2. The summed E-state index contributed by atoms with van der Waals surface area (Å²) >= 11 is 0. The van der Waals surface area contributed by atoms with Crippen LogP contribution in [0, 0.1) is 11.7 Å². The smallest absolute Gasteiger partial charge is 0.245 e. The highest BCUT2D eigenvalue weighted by molar-refractivity contribution is 7.89. The van der Waals surface area contributed by atoms with Gasteiger partial charge in [-0.3, -0.25) is 4.79 Å². The molecule has 1 amide bonds. The van der Waals surface area contributed by atoms with Gasteiger partial charge in [0, 0.05) is 25.6 Å². The molecule has 2 aromatic carbocycles. The second kappa shape index (κ2) is 8.29. The Bertz CT molecular complexity index is 1220. The molecule has 3 heterocycles. The Morgan fingerprint density at radius 1 is 1.00 bits per heavy atom. The van der Waals surface area contributed by atoms with Gasteiger partial charge < -0.3 is 9.88 Å². The van der Waals surface area contributed by atoms with Gasteiger partial charge in [0.2, 0.25) is 15.9 Å². The van der Waals surface area contributed by atoms with Crippen molar-refractivity contribution >= 4 is 27.0 Å². The highest BCUT2D eigenvalue weighted by Gasteiger charge is 2.39. The van der Waals surface area contributed by atoms with Crippen molar-refractivity contribution in [3.63, 3.8) is 0 Å². The molecule has 5 rings (SSSR count). The van der Waals surface area contributed by atoms with E-state index in [1.54, 1.807) is 0 Å². The number of carbonyl (C=O) groups is 1. The molecule has 9 heteroatoms. The van der Waals surface area contributed by atoms with Gasteiger partial charge in [0.1, 0.15) is 16.5 Å². The number of rotatable bonds is 4. The van der Waals surface area contributed by atoms with Crippen LogP contribution in [0.1, 0.15) is 37.5 Å². The molecule has 1 atom stereocenters. The van der Waals surface area contributed by atoms with Crippen LogP contribution in [0.4, 0.5) is 4.39 Å². The number of amides is 1. The molecule has 1 aromatic heterocycles. The summed E-state index contributed by atoms with van der Waals surface area (Å²) in [7, 11) is -3.91. The van der Waals surface area contributed by atoms with Crippen LogP contribution in [0.15, 0.2) is 53.4 Å². The Kier molecular flexibility index (Phi) is 5.46. The maximum Gasteiger partial charge on any atom is 0.245 e. The van der Waals surface area contributed by atoms with E-state index in [2.05, 4.69) is 9.97 Å². The number of sulfonamides is 1. The molecule has 0 aliphatic carbocycles. The standard InChI is InChI=1S/C23H25FN4O3S/c24-17-6-1-4-10-21(17)32(30,31)27-14-11-16(12-15-27)23(29)28-13-5-9-20(28)22-25-18-7-2-3-8-19(18)26-22/h1-4,6-8,10,16,20H,5,9,11-15H2,(H,25,26). The Balaban J connectivity index is 1.28. The predicted octanol–water partition coefficient (Wildman–Crippen LogP) is 3.47. The minimum atomic E-state index is -3.91. The number of hydrogen-bond donors (Lipinski definition) is 1. The molecule has 168 valence electrons. The fourth-order valence-corrected chi connectivity index (χ4v) is 6.35. The third kappa shape index (κ3) is 3.69. The summed E-state index contributed by atoms with van der Waals surface area (Å²) in [5.41, 5.74) is 1.84. The molecule has 0 saturated carbocycles. The number of para-hydroxylation sites is 2. The molecule has 32 heavy (non-hydrogen) atoms. The van der Waals surface area contributed by atoms with Gasteiger partial charge in [0.25, 0.3) is 0 Å². The fourth-order valence-electron chi connectivity index (χ4n) is 4.82. The largest absolute Gasteiger partial charge is 0.340 e. The second-order valence-corrected chi connectivity index (χ2v) is 10.3. The Morgan fingerprint density at radius 3 is 2.47 bits per heavy atom. The maximum atomic E-state index is 14.1. The van der Waals surface area contributed by atoms with Gasteiger partial charge >= 0.3 is 0 Å². The number of nitrogens with one attached hydrogen (secondary N) is 1. The van der Waals surface area contributed by atoms with Gasteiger partial charge in [0.05, 0.1) is 17.1 Å². The SMILES string of the molecule is O=C(C1CCN(S(=O)(=O)c2ccccc2F)CC1)N1CCCC1c1nc2ccccc2[nH]1. The Labute approximate surface area is 186 Å². The third-order valence-electron chi connectivity index (χ3n) is 6.52. The first-order valence-electron chi connectivity index (χ1n) is 10.9. The number of piperidine rings is 1. The van der Waals surface area contributed by atoms with Gasteiger partial charge in [-0.15, -0.1) is 0 Å². The van der Waals surface area contributed by atoms with Crippen LogP contribution < -0.4 is 0 Å². The summed E-state index contributed by atoms with van der Waals surface area (Å²) in [4.78, 5) is 23.0. The first kappa shape index (κ1) is 21.1. The zero-order valence-corrected chi connectivity index (χ0v) is 18.4. The van der Waals surface area contributed by atoms with Crippen LogP contribution in [0.25, 0.3) is 11.0 Å². The number of hydrogen-bond acceptors (Lipinski definition) is 4. The quantitative estimate of drug-likeness (QED) is 0.651. The Morgan fingerprint density at radius 2 is 1.72 bits per heavy atom. The molecular weight excluding hydrogens is 431 g/mol. The average molecular weight is 457 g/mol. The number of halogens is 1. The molecule has 0 spiro atoms. The summed E-state index contributed by atoms with van der Waals surface area (Å²) in [5.74, 6) is -0.143. The number of imidazole rings is 1. The van der Waals surface area contributed by atoms with Gasteiger partial charge in [-0.1, -0.05) is 24.3 Å². The van der Waals surface area contributed by atoms with E-state index in [0.717, 1.165) is 35.8 Å². The lowest BCUT2D eigenvalue weighted by atomic mass is 9.96. The van der Waals surface area contributed by atoms with Crippen LogP contribution in [-0.4, -0.2) is 53.1 Å². The first-order valence-corrected chi connectivity index (χ1v) is 12.4. The topological polar surface area (TPSA) is 86.4 Å². The van der Waals surface area contributed by atoms with Crippen LogP contribution in [-0.2, 0) is 14.8 Å². The molecule has 1 N–H and O–H groups in total. The first-order chi connectivity index (χ1) is 15.4. The molecule has 1 unspecified atom stereocenters. The van der Waals surface area contributed by atoms with Crippen molar-refractivity contribution in [3.8, 4) is 0 Å². The van der Waals surface area contributed by atoms with E-state index in [1.807, 2.05) is 29.2 Å².